The van der Waals surface area contributed by atoms with Crippen LogP contribution in [-0.4, -0.2) is 4.92 Å². The Kier molecular flexibility index (Phi) is 3.57. The number of hydrogen-bond donors (Lipinski definition) is 0. The Hall–Kier alpha value is -3.15. The molecule has 22 heavy (non-hydrogen) atoms. The van der Waals surface area contributed by atoms with E-state index in [1.807, 2.05) is 0 Å². The Labute approximate surface area is 124 Å². The standard InChI is InChI=1S/C16H11NO5/c18-16-8-4-12-3-7-14(9-15(12)22-16)21-10-11-1-5-13(6-2-11)17(19)20/h1-9H,10H2. The fourth-order valence-electron chi connectivity index (χ4n) is 2.01. The van der Waals surface area contributed by atoms with Crippen molar-refractivity contribution in [1.82, 2.24) is 0 Å². The first-order chi connectivity index (χ1) is 10.6. The summed E-state index contributed by atoms with van der Waals surface area (Å²) < 4.78 is 10.7. The lowest BCUT2D eigenvalue weighted by Crippen LogP contribution is -1.97. The van der Waals surface area contributed by atoms with Gasteiger partial charge in [-0.25, -0.2) is 4.79 Å². The smallest absolute Gasteiger partial charge is 0.336 e. The lowest BCUT2D eigenvalue weighted by atomic mass is 10.2. The van der Waals surface area contributed by atoms with Crippen molar-refractivity contribution in [2.75, 3.05) is 0 Å². The molecule has 110 valence electrons. The highest BCUT2D eigenvalue weighted by atomic mass is 16.6. The first-order valence-corrected chi connectivity index (χ1v) is 6.52. The van der Waals surface area contributed by atoms with E-state index in [1.165, 1.54) is 18.2 Å². The van der Waals surface area contributed by atoms with E-state index in [4.69, 9.17) is 9.15 Å². The molecule has 0 atom stereocenters. The van der Waals surface area contributed by atoms with E-state index >= 15 is 0 Å². The zero-order valence-corrected chi connectivity index (χ0v) is 11.4. The number of nitro groups is 1. The summed E-state index contributed by atoms with van der Waals surface area (Å²) in [5, 5.41) is 11.4. The molecular formula is C16H11NO5. The molecule has 3 aromatic rings. The highest BCUT2D eigenvalue weighted by molar-refractivity contribution is 5.77. The highest BCUT2D eigenvalue weighted by Crippen LogP contribution is 2.21. The van der Waals surface area contributed by atoms with Gasteiger partial charge in [0.15, 0.2) is 0 Å². The summed E-state index contributed by atoms with van der Waals surface area (Å²) in [7, 11) is 0. The van der Waals surface area contributed by atoms with Gasteiger partial charge in [-0.3, -0.25) is 10.1 Å². The van der Waals surface area contributed by atoms with E-state index in [-0.39, 0.29) is 12.3 Å². The number of nitrogens with zero attached hydrogens (tertiary/aromatic N) is 1. The van der Waals surface area contributed by atoms with Gasteiger partial charge >= 0.3 is 5.63 Å². The van der Waals surface area contributed by atoms with Crippen LogP contribution in [0, 0.1) is 10.1 Å². The van der Waals surface area contributed by atoms with Gasteiger partial charge < -0.3 is 9.15 Å². The van der Waals surface area contributed by atoms with Gasteiger partial charge in [0.05, 0.1) is 4.92 Å². The van der Waals surface area contributed by atoms with Crippen LogP contribution in [0.4, 0.5) is 5.69 Å². The van der Waals surface area contributed by atoms with Crippen LogP contribution in [0.5, 0.6) is 5.75 Å². The number of rotatable bonds is 4. The molecule has 0 spiro atoms. The van der Waals surface area contributed by atoms with Gasteiger partial charge in [-0.05, 0) is 35.9 Å². The number of benzene rings is 2. The molecule has 0 aliphatic rings. The topological polar surface area (TPSA) is 82.6 Å². The van der Waals surface area contributed by atoms with Crippen molar-refractivity contribution in [3.8, 4) is 5.75 Å². The summed E-state index contributed by atoms with van der Waals surface area (Å²) in [5.41, 5.74) is 0.880. The van der Waals surface area contributed by atoms with E-state index in [0.29, 0.717) is 11.3 Å². The maximum absolute atomic E-state index is 11.2. The minimum absolute atomic E-state index is 0.0382. The lowest BCUT2D eigenvalue weighted by Gasteiger charge is -2.06. The number of non-ortho nitro benzene ring substituents is 1. The van der Waals surface area contributed by atoms with E-state index in [9.17, 15) is 14.9 Å². The Morgan fingerprint density at radius 3 is 2.50 bits per heavy atom. The largest absolute Gasteiger partial charge is 0.489 e. The summed E-state index contributed by atoms with van der Waals surface area (Å²) in [6.07, 6.45) is 0. The predicted octanol–water partition coefficient (Wildman–Crippen LogP) is 3.28. The molecule has 0 unspecified atom stereocenters. The molecule has 6 nitrogen and oxygen atoms in total. The van der Waals surface area contributed by atoms with Crippen molar-refractivity contribution in [3.63, 3.8) is 0 Å². The van der Waals surface area contributed by atoms with Gasteiger partial charge in [0.25, 0.3) is 5.69 Å². The fourth-order valence-corrected chi connectivity index (χ4v) is 2.01. The molecule has 0 aliphatic carbocycles. The average Bonchev–Trinajstić information content (AvgIpc) is 2.53. The molecule has 1 aromatic heterocycles. The first-order valence-electron chi connectivity index (χ1n) is 6.52. The van der Waals surface area contributed by atoms with E-state index in [2.05, 4.69) is 0 Å². The van der Waals surface area contributed by atoms with Gasteiger partial charge in [0.1, 0.15) is 17.9 Å². The fraction of sp³-hybridized carbons (Fsp3) is 0.0625. The molecule has 3 rings (SSSR count). The second kappa shape index (κ2) is 5.69. The van der Waals surface area contributed by atoms with Crippen molar-refractivity contribution in [3.05, 3.63) is 80.7 Å². The SMILES string of the molecule is O=c1ccc2ccc(OCc3ccc([N+](=O)[O-])cc3)cc2o1. The van der Waals surface area contributed by atoms with Crippen molar-refractivity contribution < 1.29 is 14.1 Å². The minimum atomic E-state index is -0.448. The van der Waals surface area contributed by atoms with E-state index in [1.54, 1.807) is 36.4 Å². The van der Waals surface area contributed by atoms with Crippen LogP contribution in [0.15, 0.2) is 63.8 Å². The molecule has 6 heteroatoms. The zero-order chi connectivity index (χ0) is 15.5. The maximum Gasteiger partial charge on any atom is 0.336 e. The molecule has 0 saturated carbocycles. The maximum atomic E-state index is 11.2. The van der Waals surface area contributed by atoms with Gasteiger partial charge in [-0.15, -0.1) is 0 Å². The molecule has 0 fully saturated rings. The lowest BCUT2D eigenvalue weighted by molar-refractivity contribution is -0.384. The number of ether oxygens (including phenoxy) is 1. The van der Waals surface area contributed by atoms with Crippen LogP contribution in [0.1, 0.15) is 5.56 Å². The average molecular weight is 297 g/mol. The minimum Gasteiger partial charge on any atom is -0.489 e. The van der Waals surface area contributed by atoms with Gasteiger partial charge in [-0.1, -0.05) is 0 Å². The van der Waals surface area contributed by atoms with Crippen molar-refractivity contribution in [2.24, 2.45) is 0 Å². The third-order valence-electron chi connectivity index (χ3n) is 3.15. The van der Waals surface area contributed by atoms with Crippen LogP contribution >= 0.6 is 0 Å². The summed E-state index contributed by atoms with van der Waals surface area (Å²) in [6.45, 7) is 0.264. The van der Waals surface area contributed by atoms with Crippen LogP contribution in [0.3, 0.4) is 0 Å². The number of fused-ring (bicyclic) bond motifs is 1. The Balaban J connectivity index is 1.75. The van der Waals surface area contributed by atoms with Crippen molar-refractivity contribution in [1.29, 1.82) is 0 Å². The number of nitro benzene ring substituents is 1. The summed E-state index contributed by atoms with van der Waals surface area (Å²) in [4.78, 5) is 21.3. The summed E-state index contributed by atoms with van der Waals surface area (Å²) in [6, 6.07) is 14.4. The van der Waals surface area contributed by atoms with E-state index in [0.717, 1.165) is 10.9 Å². The monoisotopic (exact) mass is 297 g/mol. The Morgan fingerprint density at radius 1 is 1.05 bits per heavy atom. The molecule has 1 heterocycles. The molecule has 0 aliphatic heterocycles. The molecule has 0 amide bonds. The molecular weight excluding hydrogens is 286 g/mol. The van der Waals surface area contributed by atoms with Gasteiger partial charge in [-0.2, -0.15) is 0 Å². The van der Waals surface area contributed by atoms with Crippen molar-refractivity contribution in [2.45, 2.75) is 6.61 Å². The Morgan fingerprint density at radius 2 is 1.77 bits per heavy atom. The molecule has 0 radical (unpaired) electrons. The third kappa shape index (κ3) is 2.95. The second-order valence-electron chi connectivity index (χ2n) is 4.67. The number of hydrogen-bond acceptors (Lipinski definition) is 5. The van der Waals surface area contributed by atoms with Crippen LogP contribution in [0.25, 0.3) is 11.0 Å². The second-order valence-corrected chi connectivity index (χ2v) is 4.67. The zero-order valence-electron chi connectivity index (χ0n) is 11.4. The summed E-state index contributed by atoms with van der Waals surface area (Å²) >= 11 is 0. The van der Waals surface area contributed by atoms with Crippen LogP contribution in [-0.2, 0) is 6.61 Å². The molecule has 0 saturated heterocycles. The van der Waals surface area contributed by atoms with Crippen molar-refractivity contribution >= 4 is 16.7 Å². The van der Waals surface area contributed by atoms with E-state index < -0.39 is 10.5 Å². The normalized spacial score (nSPS) is 10.5. The van der Waals surface area contributed by atoms with Crippen LogP contribution < -0.4 is 10.4 Å². The third-order valence-corrected chi connectivity index (χ3v) is 3.15. The quantitative estimate of drug-likeness (QED) is 0.419. The first kappa shape index (κ1) is 13.8. The Bertz CT molecular complexity index is 883. The molecule has 0 bridgehead atoms. The van der Waals surface area contributed by atoms with Gasteiger partial charge in [0, 0.05) is 29.7 Å². The highest BCUT2D eigenvalue weighted by Gasteiger charge is 2.05. The predicted molar refractivity (Wildman–Crippen MR) is 79.9 cm³/mol. The van der Waals surface area contributed by atoms with Gasteiger partial charge in [0.2, 0.25) is 0 Å². The molecule has 2 aromatic carbocycles. The van der Waals surface area contributed by atoms with Crippen LogP contribution in [0.2, 0.25) is 0 Å². The summed E-state index contributed by atoms with van der Waals surface area (Å²) in [5.74, 6) is 0.556. The molecule has 0 N–H and O–H groups in total.